The summed E-state index contributed by atoms with van der Waals surface area (Å²) >= 11 is 3.46. The summed E-state index contributed by atoms with van der Waals surface area (Å²) in [5.74, 6) is -0.537. The molecule has 0 spiro atoms. The maximum absolute atomic E-state index is 14.0. The van der Waals surface area contributed by atoms with Gasteiger partial charge in [-0.1, -0.05) is 72.2 Å². The second-order valence-electron chi connectivity index (χ2n) is 10.0. The summed E-state index contributed by atoms with van der Waals surface area (Å²) in [6.07, 6.45) is 0. The van der Waals surface area contributed by atoms with Crippen molar-refractivity contribution in [2.24, 2.45) is 5.92 Å². The van der Waals surface area contributed by atoms with E-state index in [0.717, 1.165) is 25.5 Å². The zero-order valence-electron chi connectivity index (χ0n) is 23.0. The van der Waals surface area contributed by atoms with E-state index in [0.29, 0.717) is 12.2 Å². The van der Waals surface area contributed by atoms with Gasteiger partial charge in [-0.2, -0.15) is 0 Å². The molecule has 0 heterocycles. The molecule has 9 heteroatoms. The van der Waals surface area contributed by atoms with E-state index in [9.17, 15) is 18.0 Å². The summed E-state index contributed by atoms with van der Waals surface area (Å²) in [6, 6.07) is 20.1. The molecule has 0 aliphatic heterocycles. The molecule has 0 radical (unpaired) electrons. The number of nitrogens with one attached hydrogen (secondary N) is 1. The first-order valence-corrected chi connectivity index (χ1v) is 15.1. The molecule has 0 aliphatic carbocycles. The molecule has 0 aliphatic rings. The number of carbonyl (C=O) groups excluding carboxylic acids is 2. The first-order valence-electron chi connectivity index (χ1n) is 12.9. The zero-order valence-corrected chi connectivity index (χ0v) is 25.4. The highest BCUT2D eigenvalue weighted by atomic mass is 79.9. The fourth-order valence-corrected chi connectivity index (χ4v) is 6.05. The molecule has 3 aromatic carbocycles. The first kappa shape index (κ1) is 30.4. The van der Waals surface area contributed by atoms with Crippen molar-refractivity contribution in [2.45, 2.75) is 52.1 Å². The Kier molecular flexibility index (Phi) is 10.3. The van der Waals surface area contributed by atoms with Gasteiger partial charge in [-0.15, -0.1) is 0 Å². The predicted molar refractivity (Wildman–Crippen MR) is 159 cm³/mol. The lowest BCUT2D eigenvalue weighted by molar-refractivity contribution is -0.139. The van der Waals surface area contributed by atoms with Gasteiger partial charge in [0.15, 0.2) is 0 Å². The topological polar surface area (TPSA) is 86.8 Å². The van der Waals surface area contributed by atoms with Gasteiger partial charge >= 0.3 is 0 Å². The average molecular weight is 615 g/mol. The number of rotatable bonds is 11. The molecule has 3 rings (SSSR count). The molecule has 0 fully saturated rings. The van der Waals surface area contributed by atoms with Crippen LogP contribution in [0.4, 0.5) is 5.69 Å². The van der Waals surface area contributed by atoms with Crippen LogP contribution in [0.2, 0.25) is 0 Å². The smallest absolute Gasteiger partial charge is 0.264 e. The molecule has 0 unspecified atom stereocenters. The Balaban J connectivity index is 2.04. The van der Waals surface area contributed by atoms with E-state index in [1.165, 1.54) is 17.0 Å². The molecule has 1 atom stereocenters. The molecule has 0 saturated heterocycles. The highest BCUT2D eigenvalue weighted by molar-refractivity contribution is 9.10. The summed E-state index contributed by atoms with van der Waals surface area (Å²) in [7, 11) is -4.09. The Hall–Kier alpha value is -3.17. The van der Waals surface area contributed by atoms with E-state index in [4.69, 9.17) is 0 Å². The Morgan fingerprint density at radius 3 is 2.23 bits per heavy atom. The minimum atomic E-state index is -4.09. The quantitative estimate of drug-likeness (QED) is 0.311. The summed E-state index contributed by atoms with van der Waals surface area (Å²) in [4.78, 5) is 28.6. The van der Waals surface area contributed by atoms with Crippen LogP contribution < -0.4 is 9.62 Å². The third-order valence-corrected chi connectivity index (χ3v) is 8.82. The lowest BCUT2D eigenvalue weighted by Gasteiger charge is -2.32. The summed E-state index contributed by atoms with van der Waals surface area (Å²) in [5.41, 5.74) is 2.89. The van der Waals surface area contributed by atoms with Crippen LogP contribution in [0.1, 0.15) is 37.5 Å². The normalized spacial score (nSPS) is 12.2. The summed E-state index contributed by atoms with van der Waals surface area (Å²) in [5, 5.41) is 2.90. The van der Waals surface area contributed by atoms with Crippen molar-refractivity contribution in [1.82, 2.24) is 10.2 Å². The number of nitrogens with zero attached hydrogens (tertiary/aromatic N) is 2. The fraction of sp³-hybridized carbons (Fsp3) is 0.333. The number of benzene rings is 3. The van der Waals surface area contributed by atoms with Crippen LogP contribution in [0.3, 0.4) is 0 Å². The van der Waals surface area contributed by atoms with E-state index in [2.05, 4.69) is 21.2 Å². The number of hydrogen-bond acceptors (Lipinski definition) is 4. The highest BCUT2D eigenvalue weighted by Gasteiger charge is 2.33. The fourth-order valence-electron chi connectivity index (χ4n) is 4.11. The zero-order chi connectivity index (χ0) is 28.7. The van der Waals surface area contributed by atoms with Gasteiger partial charge in [-0.25, -0.2) is 8.42 Å². The van der Waals surface area contributed by atoms with E-state index >= 15 is 0 Å². The van der Waals surface area contributed by atoms with E-state index < -0.39 is 28.5 Å². The van der Waals surface area contributed by atoms with Crippen LogP contribution in [0, 0.1) is 19.8 Å². The van der Waals surface area contributed by atoms with Gasteiger partial charge < -0.3 is 10.2 Å². The molecule has 2 amide bonds. The van der Waals surface area contributed by atoms with Crippen molar-refractivity contribution in [2.75, 3.05) is 17.4 Å². The largest absolute Gasteiger partial charge is 0.354 e. The third-order valence-electron chi connectivity index (χ3n) is 6.55. The van der Waals surface area contributed by atoms with Gasteiger partial charge in [0.2, 0.25) is 11.8 Å². The Labute approximate surface area is 240 Å². The van der Waals surface area contributed by atoms with Crippen molar-refractivity contribution in [3.05, 3.63) is 94.0 Å². The van der Waals surface area contributed by atoms with Crippen LogP contribution in [-0.2, 0) is 26.2 Å². The van der Waals surface area contributed by atoms with E-state index in [1.54, 1.807) is 37.3 Å². The second kappa shape index (κ2) is 13.3. The number of anilines is 1. The molecule has 39 heavy (non-hydrogen) atoms. The predicted octanol–water partition coefficient (Wildman–Crippen LogP) is 5.45. The van der Waals surface area contributed by atoms with Crippen LogP contribution in [0.5, 0.6) is 0 Å². The van der Waals surface area contributed by atoms with Crippen molar-refractivity contribution in [3.63, 3.8) is 0 Å². The average Bonchev–Trinajstić information content (AvgIpc) is 2.90. The molecule has 3 aromatic rings. The Morgan fingerprint density at radius 2 is 1.59 bits per heavy atom. The number of sulfonamides is 1. The number of halogens is 1. The van der Waals surface area contributed by atoms with E-state index in [1.807, 2.05) is 58.0 Å². The number of amides is 2. The maximum atomic E-state index is 14.0. The Bertz CT molecular complexity index is 1410. The standard InChI is InChI=1S/C30H36BrN3O4S/c1-21(2)18-32-30(36)24(5)33(19-25-12-10-13-26(31)17-25)29(35)20-34(28-16-9-11-22(3)23(28)4)39(37,38)27-14-7-6-8-15-27/h6-17,21,24H,18-20H2,1-5H3,(H,32,36)/t24-/m1/s1. The molecule has 0 bridgehead atoms. The van der Waals surface area contributed by atoms with Crippen molar-refractivity contribution in [1.29, 1.82) is 0 Å². The third kappa shape index (κ3) is 7.70. The summed E-state index contributed by atoms with van der Waals surface area (Å²) in [6.45, 7) is 9.53. The maximum Gasteiger partial charge on any atom is 0.264 e. The van der Waals surface area contributed by atoms with Crippen LogP contribution in [-0.4, -0.2) is 44.3 Å². The van der Waals surface area contributed by atoms with Crippen LogP contribution in [0.25, 0.3) is 0 Å². The number of aryl methyl sites for hydroxylation is 1. The molecular weight excluding hydrogens is 578 g/mol. The van der Waals surface area contributed by atoms with Gasteiger partial charge in [-0.05, 0) is 73.7 Å². The van der Waals surface area contributed by atoms with Crippen molar-refractivity contribution >= 4 is 43.5 Å². The molecule has 0 saturated carbocycles. The minimum Gasteiger partial charge on any atom is -0.354 e. The second-order valence-corrected chi connectivity index (χ2v) is 12.8. The minimum absolute atomic E-state index is 0.0833. The van der Waals surface area contributed by atoms with E-state index in [-0.39, 0.29) is 23.3 Å². The van der Waals surface area contributed by atoms with Gasteiger partial charge in [-0.3, -0.25) is 13.9 Å². The van der Waals surface area contributed by atoms with Crippen molar-refractivity contribution < 1.29 is 18.0 Å². The molecular formula is C30H36BrN3O4S. The van der Waals surface area contributed by atoms with Crippen molar-refractivity contribution in [3.8, 4) is 0 Å². The molecule has 7 nitrogen and oxygen atoms in total. The highest BCUT2D eigenvalue weighted by Crippen LogP contribution is 2.29. The van der Waals surface area contributed by atoms with Crippen LogP contribution >= 0.6 is 15.9 Å². The van der Waals surface area contributed by atoms with Gasteiger partial charge in [0.25, 0.3) is 10.0 Å². The first-order chi connectivity index (χ1) is 18.4. The number of carbonyl (C=O) groups is 2. The Morgan fingerprint density at radius 1 is 0.923 bits per heavy atom. The molecule has 0 aromatic heterocycles. The monoisotopic (exact) mass is 613 g/mol. The lowest BCUT2D eigenvalue weighted by atomic mass is 10.1. The van der Waals surface area contributed by atoms with Gasteiger partial charge in [0.1, 0.15) is 12.6 Å². The van der Waals surface area contributed by atoms with Gasteiger partial charge in [0, 0.05) is 17.6 Å². The van der Waals surface area contributed by atoms with Crippen LogP contribution in [0.15, 0.2) is 82.2 Å². The lowest BCUT2D eigenvalue weighted by Crippen LogP contribution is -2.51. The molecule has 1 N–H and O–H groups in total. The SMILES string of the molecule is Cc1cccc(N(CC(=O)N(Cc2cccc(Br)c2)[C@H](C)C(=O)NCC(C)C)S(=O)(=O)c2ccccc2)c1C. The number of hydrogen-bond donors (Lipinski definition) is 1. The summed E-state index contributed by atoms with van der Waals surface area (Å²) < 4.78 is 29.8. The molecule has 208 valence electrons. The van der Waals surface area contributed by atoms with Gasteiger partial charge in [0.05, 0.1) is 10.6 Å².